The van der Waals surface area contributed by atoms with Gasteiger partial charge in [-0.05, 0) is 55.4 Å². The zero-order valence-electron chi connectivity index (χ0n) is 19.5. The van der Waals surface area contributed by atoms with Crippen LogP contribution in [-0.4, -0.2) is 65.0 Å². The van der Waals surface area contributed by atoms with Gasteiger partial charge in [0.1, 0.15) is 5.82 Å². The van der Waals surface area contributed by atoms with Crippen molar-refractivity contribution >= 4 is 17.8 Å². The standard InChI is InChI=1S/C26H29FN4O4/c27-21-6-1-4-18(14-21)15-23(32)30-11-8-19(9-12-30)26(20-5-2-10-28-16-20)24(33)31(25(34)29-26)17-22-7-3-13-35-22/h1-2,4-6,10,14,16,19,22H,3,7-9,11-13,15,17H2,(H,29,34). The molecule has 1 aromatic heterocycles. The number of pyridine rings is 1. The number of urea groups is 1. The van der Waals surface area contributed by atoms with Crippen molar-refractivity contribution in [2.75, 3.05) is 26.2 Å². The fourth-order valence-corrected chi connectivity index (χ4v) is 5.55. The number of ether oxygens (including phenoxy) is 1. The Bertz CT molecular complexity index is 1100. The summed E-state index contributed by atoms with van der Waals surface area (Å²) in [5.74, 6) is -0.923. The van der Waals surface area contributed by atoms with Crippen molar-refractivity contribution in [1.29, 1.82) is 0 Å². The molecule has 3 aliphatic rings. The van der Waals surface area contributed by atoms with E-state index in [9.17, 15) is 18.8 Å². The van der Waals surface area contributed by atoms with Gasteiger partial charge in [0.2, 0.25) is 5.91 Å². The number of amides is 4. The molecule has 2 atom stereocenters. The quantitative estimate of drug-likeness (QED) is 0.642. The maximum atomic E-state index is 13.9. The van der Waals surface area contributed by atoms with Gasteiger partial charge in [0.25, 0.3) is 5.91 Å². The molecule has 3 fully saturated rings. The Morgan fingerprint density at radius 3 is 2.69 bits per heavy atom. The lowest BCUT2D eigenvalue weighted by molar-refractivity contribution is -0.137. The van der Waals surface area contributed by atoms with Crippen LogP contribution in [0.5, 0.6) is 0 Å². The van der Waals surface area contributed by atoms with Gasteiger partial charge >= 0.3 is 6.03 Å². The molecule has 3 aliphatic heterocycles. The van der Waals surface area contributed by atoms with E-state index in [0.29, 0.717) is 43.7 Å². The van der Waals surface area contributed by atoms with Gasteiger partial charge in [-0.1, -0.05) is 18.2 Å². The summed E-state index contributed by atoms with van der Waals surface area (Å²) >= 11 is 0. The van der Waals surface area contributed by atoms with Gasteiger partial charge < -0.3 is 15.0 Å². The van der Waals surface area contributed by atoms with Gasteiger partial charge in [-0.15, -0.1) is 0 Å². The molecular weight excluding hydrogens is 451 g/mol. The molecule has 2 unspecified atom stereocenters. The van der Waals surface area contributed by atoms with Crippen molar-refractivity contribution in [2.24, 2.45) is 5.92 Å². The highest BCUT2D eigenvalue weighted by Crippen LogP contribution is 2.41. The number of halogens is 1. The topological polar surface area (TPSA) is 91.8 Å². The van der Waals surface area contributed by atoms with Crippen LogP contribution in [0.2, 0.25) is 0 Å². The van der Waals surface area contributed by atoms with Gasteiger partial charge in [0.15, 0.2) is 5.54 Å². The highest BCUT2D eigenvalue weighted by Gasteiger charge is 2.57. The Hall–Kier alpha value is -3.33. The number of benzene rings is 1. The van der Waals surface area contributed by atoms with Crippen LogP contribution in [0.25, 0.3) is 0 Å². The van der Waals surface area contributed by atoms with Crippen LogP contribution in [0.1, 0.15) is 36.8 Å². The number of carbonyl (C=O) groups is 3. The number of piperidine rings is 1. The van der Waals surface area contributed by atoms with Crippen LogP contribution in [-0.2, 0) is 26.3 Å². The normalized spacial score (nSPS) is 25.2. The lowest BCUT2D eigenvalue weighted by atomic mass is 9.73. The molecule has 35 heavy (non-hydrogen) atoms. The zero-order chi connectivity index (χ0) is 24.4. The maximum Gasteiger partial charge on any atom is 0.325 e. The molecular formula is C26H29FN4O4. The highest BCUT2D eigenvalue weighted by atomic mass is 19.1. The van der Waals surface area contributed by atoms with Crippen LogP contribution in [0.15, 0.2) is 48.8 Å². The molecule has 3 saturated heterocycles. The molecule has 2 aromatic rings. The lowest BCUT2D eigenvalue weighted by Crippen LogP contribution is -2.54. The Kier molecular flexibility index (Phi) is 6.51. The molecule has 0 radical (unpaired) electrons. The highest BCUT2D eigenvalue weighted by molar-refractivity contribution is 6.07. The third kappa shape index (κ3) is 4.52. The summed E-state index contributed by atoms with van der Waals surface area (Å²) in [6.45, 7) is 1.78. The number of hydrogen-bond donors (Lipinski definition) is 1. The Balaban J connectivity index is 1.33. The van der Waals surface area contributed by atoms with E-state index in [1.165, 1.54) is 17.0 Å². The molecule has 9 heteroatoms. The second kappa shape index (κ2) is 9.73. The van der Waals surface area contributed by atoms with Crippen molar-refractivity contribution in [3.8, 4) is 0 Å². The van der Waals surface area contributed by atoms with E-state index in [-0.39, 0.29) is 42.6 Å². The van der Waals surface area contributed by atoms with Gasteiger partial charge in [-0.2, -0.15) is 0 Å². The molecule has 0 spiro atoms. The van der Waals surface area contributed by atoms with E-state index < -0.39 is 11.6 Å². The number of rotatable bonds is 6. The van der Waals surface area contributed by atoms with E-state index in [1.54, 1.807) is 35.5 Å². The smallest absolute Gasteiger partial charge is 0.325 e. The first-order valence-corrected chi connectivity index (χ1v) is 12.2. The fraction of sp³-hybridized carbons (Fsp3) is 0.462. The molecule has 4 amide bonds. The van der Waals surface area contributed by atoms with Crippen LogP contribution >= 0.6 is 0 Å². The maximum absolute atomic E-state index is 13.9. The summed E-state index contributed by atoms with van der Waals surface area (Å²) in [6.07, 6.45) is 6.09. The van der Waals surface area contributed by atoms with Crippen molar-refractivity contribution < 1.29 is 23.5 Å². The second-order valence-corrected chi connectivity index (χ2v) is 9.49. The van der Waals surface area contributed by atoms with Crippen LogP contribution in [0.3, 0.4) is 0 Å². The summed E-state index contributed by atoms with van der Waals surface area (Å²) in [7, 11) is 0. The van der Waals surface area contributed by atoms with Crippen LogP contribution in [0.4, 0.5) is 9.18 Å². The molecule has 0 aliphatic carbocycles. The minimum absolute atomic E-state index is 0.0775. The number of nitrogens with one attached hydrogen (secondary N) is 1. The van der Waals surface area contributed by atoms with E-state index >= 15 is 0 Å². The van der Waals surface area contributed by atoms with Gasteiger partial charge in [-0.25, -0.2) is 9.18 Å². The minimum Gasteiger partial charge on any atom is -0.376 e. The molecule has 1 N–H and O–H groups in total. The molecule has 4 heterocycles. The predicted molar refractivity (Wildman–Crippen MR) is 125 cm³/mol. The monoisotopic (exact) mass is 480 g/mol. The van der Waals surface area contributed by atoms with E-state index in [0.717, 1.165) is 12.8 Å². The third-order valence-electron chi connectivity index (χ3n) is 7.36. The molecule has 184 valence electrons. The average molecular weight is 481 g/mol. The summed E-state index contributed by atoms with van der Waals surface area (Å²) in [6, 6.07) is 9.22. The van der Waals surface area contributed by atoms with E-state index in [2.05, 4.69) is 10.3 Å². The molecule has 0 bridgehead atoms. The number of imide groups is 1. The molecule has 5 rings (SSSR count). The first-order valence-electron chi connectivity index (χ1n) is 12.2. The number of aromatic nitrogens is 1. The Morgan fingerprint density at radius 2 is 2.00 bits per heavy atom. The minimum atomic E-state index is -1.22. The zero-order valence-corrected chi connectivity index (χ0v) is 19.5. The van der Waals surface area contributed by atoms with Gasteiger partial charge in [0, 0.05) is 37.7 Å². The van der Waals surface area contributed by atoms with Crippen molar-refractivity contribution in [3.63, 3.8) is 0 Å². The third-order valence-corrected chi connectivity index (χ3v) is 7.36. The summed E-state index contributed by atoms with van der Waals surface area (Å²) in [5.41, 5.74) is 0.0615. The summed E-state index contributed by atoms with van der Waals surface area (Å²) < 4.78 is 19.2. The number of likely N-dealkylation sites (tertiary alicyclic amines) is 1. The fourth-order valence-electron chi connectivity index (χ4n) is 5.55. The predicted octanol–water partition coefficient (Wildman–Crippen LogP) is 2.63. The SMILES string of the molecule is O=C(Cc1cccc(F)c1)N1CCC(C2(c3cccnc3)NC(=O)N(CC3CCCO3)C2=O)CC1. The van der Waals surface area contributed by atoms with Crippen LogP contribution in [0, 0.1) is 11.7 Å². The van der Waals surface area contributed by atoms with Crippen molar-refractivity contribution in [1.82, 2.24) is 20.1 Å². The number of hydrogen-bond acceptors (Lipinski definition) is 5. The van der Waals surface area contributed by atoms with E-state index in [1.807, 2.05) is 6.07 Å². The summed E-state index contributed by atoms with van der Waals surface area (Å²) in [4.78, 5) is 47.0. The first-order chi connectivity index (χ1) is 17.0. The second-order valence-electron chi connectivity index (χ2n) is 9.49. The molecule has 0 saturated carbocycles. The van der Waals surface area contributed by atoms with Crippen molar-refractivity contribution in [3.05, 3.63) is 65.7 Å². The van der Waals surface area contributed by atoms with Crippen molar-refractivity contribution in [2.45, 2.75) is 43.7 Å². The van der Waals surface area contributed by atoms with Gasteiger partial charge in [-0.3, -0.25) is 19.5 Å². The number of carbonyl (C=O) groups excluding carboxylic acids is 3. The Labute approximate surface area is 203 Å². The van der Waals surface area contributed by atoms with Gasteiger partial charge in [0.05, 0.1) is 19.1 Å². The molecule has 8 nitrogen and oxygen atoms in total. The average Bonchev–Trinajstić information content (AvgIpc) is 3.47. The lowest BCUT2D eigenvalue weighted by Gasteiger charge is -2.41. The molecule has 1 aromatic carbocycles. The summed E-state index contributed by atoms with van der Waals surface area (Å²) in [5, 5.41) is 3.01. The number of nitrogens with zero attached hydrogens (tertiary/aromatic N) is 3. The Morgan fingerprint density at radius 1 is 1.17 bits per heavy atom. The van der Waals surface area contributed by atoms with E-state index in [4.69, 9.17) is 4.74 Å². The largest absolute Gasteiger partial charge is 0.376 e. The van der Waals surface area contributed by atoms with Crippen LogP contribution < -0.4 is 5.32 Å². The first kappa shape index (κ1) is 23.4.